The van der Waals surface area contributed by atoms with Crippen molar-refractivity contribution in [1.82, 2.24) is 4.90 Å². The average molecular weight is 346 g/mol. The van der Waals surface area contributed by atoms with E-state index in [2.05, 4.69) is 37.5 Å². The van der Waals surface area contributed by atoms with Crippen molar-refractivity contribution in [2.24, 2.45) is 0 Å². The molecule has 130 valence electrons. The molecule has 0 fully saturated rings. The first-order valence-electron chi connectivity index (χ1n) is 8.32. The third-order valence-corrected chi connectivity index (χ3v) is 4.45. The van der Waals surface area contributed by atoms with Gasteiger partial charge in [0, 0.05) is 13.0 Å². The van der Waals surface area contributed by atoms with Crippen molar-refractivity contribution in [3.63, 3.8) is 0 Å². The van der Waals surface area contributed by atoms with E-state index >= 15 is 0 Å². The first-order chi connectivity index (χ1) is 11.1. The number of nitrogens with zero attached hydrogens (tertiary/aromatic N) is 1. The molecular formula is C21H28ClNO. The molecule has 2 aromatic carbocycles. The summed E-state index contributed by atoms with van der Waals surface area (Å²) in [5, 5.41) is 11.5. The van der Waals surface area contributed by atoms with E-state index in [1.165, 1.54) is 0 Å². The Hall–Kier alpha value is -1.61. The Morgan fingerprint density at radius 3 is 1.96 bits per heavy atom. The van der Waals surface area contributed by atoms with Crippen LogP contribution in [0, 0.1) is 0 Å². The summed E-state index contributed by atoms with van der Waals surface area (Å²) >= 11 is 0. The van der Waals surface area contributed by atoms with Gasteiger partial charge in [-0.25, -0.2) is 0 Å². The van der Waals surface area contributed by atoms with Gasteiger partial charge in [0.05, 0.1) is 0 Å². The normalized spacial score (nSPS) is 13.2. The Balaban J connectivity index is 0.00000288. The fourth-order valence-corrected chi connectivity index (χ4v) is 2.88. The van der Waals surface area contributed by atoms with Crippen molar-refractivity contribution in [1.29, 1.82) is 0 Å². The van der Waals surface area contributed by atoms with Gasteiger partial charge in [-0.3, -0.25) is 4.90 Å². The van der Waals surface area contributed by atoms with Gasteiger partial charge in [-0.05, 0) is 29.8 Å². The van der Waals surface area contributed by atoms with Crippen LogP contribution in [0.4, 0.5) is 0 Å². The second-order valence-corrected chi connectivity index (χ2v) is 5.95. The molecule has 2 rings (SSSR count). The average Bonchev–Trinajstić information content (AvgIpc) is 2.61. The Bertz CT molecular complexity index is 610. The number of rotatable bonds is 8. The molecule has 0 aromatic heterocycles. The van der Waals surface area contributed by atoms with Gasteiger partial charge >= 0.3 is 0 Å². The van der Waals surface area contributed by atoms with Crippen LogP contribution in [0.2, 0.25) is 0 Å². The topological polar surface area (TPSA) is 23.5 Å². The van der Waals surface area contributed by atoms with Crippen LogP contribution in [0.5, 0.6) is 0 Å². The van der Waals surface area contributed by atoms with Crippen molar-refractivity contribution in [2.45, 2.75) is 25.9 Å². The smallest absolute Gasteiger partial charge is 0.116 e. The van der Waals surface area contributed by atoms with Gasteiger partial charge in [0.15, 0.2) is 0 Å². The lowest BCUT2D eigenvalue weighted by molar-refractivity contribution is 0.0682. The molecule has 24 heavy (non-hydrogen) atoms. The highest BCUT2D eigenvalue weighted by Gasteiger charge is 2.33. The molecule has 0 aliphatic heterocycles. The highest BCUT2D eigenvalue weighted by atomic mass is 35.5. The molecular weight excluding hydrogens is 318 g/mol. The third-order valence-electron chi connectivity index (χ3n) is 4.45. The van der Waals surface area contributed by atoms with E-state index in [4.69, 9.17) is 0 Å². The van der Waals surface area contributed by atoms with Crippen molar-refractivity contribution in [3.8, 4) is 0 Å². The predicted molar refractivity (Wildman–Crippen MR) is 105 cm³/mol. The maximum atomic E-state index is 11.5. The summed E-state index contributed by atoms with van der Waals surface area (Å²) in [6.07, 6.45) is 0.540. The molecule has 2 aromatic rings. The zero-order valence-corrected chi connectivity index (χ0v) is 15.4. The lowest BCUT2D eigenvalue weighted by atomic mass is 9.81. The van der Waals surface area contributed by atoms with Crippen LogP contribution in [0.3, 0.4) is 0 Å². The fraction of sp³-hybridized carbons (Fsp3) is 0.333. The highest BCUT2D eigenvalue weighted by Crippen LogP contribution is 2.33. The molecule has 1 N–H and O–H groups in total. The van der Waals surface area contributed by atoms with Gasteiger partial charge in [-0.15, -0.1) is 12.4 Å². The molecule has 0 bridgehead atoms. The Labute approximate surface area is 152 Å². The monoisotopic (exact) mass is 345 g/mol. The number of halogens is 1. The second kappa shape index (κ2) is 9.63. The van der Waals surface area contributed by atoms with Crippen molar-refractivity contribution in [2.75, 3.05) is 19.6 Å². The number of hydrogen-bond acceptors (Lipinski definition) is 2. The molecule has 0 heterocycles. The van der Waals surface area contributed by atoms with Gasteiger partial charge in [0.1, 0.15) is 5.60 Å². The van der Waals surface area contributed by atoms with Gasteiger partial charge in [-0.2, -0.15) is 0 Å². The summed E-state index contributed by atoms with van der Waals surface area (Å²) in [5.74, 6) is 0. The zero-order chi connectivity index (χ0) is 16.7. The number of hydrogen-bond donors (Lipinski definition) is 1. The molecule has 0 amide bonds. The van der Waals surface area contributed by atoms with Gasteiger partial charge < -0.3 is 5.11 Å². The first-order valence-corrected chi connectivity index (χ1v) is 8.32. The van der Waals surface area contributed by atoms with E-state index in [9.17, 15) is 5.11 Å². The van der Waals surface area contributed by atoms with Crippen LogP contribution >= 0.6 is 12.4 Å². The van der Waals surface area contributed by atoms with Crippen LogP contribution in [0.15, 0.2) is 72.8 Å². The van der Waals surface area contributed by atoms with E-state index in [1.54, 1.807) is 0 Å². The molecule has 0 spiro atoms. The molecule has 1 unspecified atom stereocenters. The molecule has 0 saturated heterocycles. The molecule has 0 aliphatic rings. The van der Waals surface area contributed by atoms with Crippen LogP contribution in [-0.2, 0) is 12.0 Å². The number of aliphatic hydroxyl groups is 1. The first kappa shape index (κ1) is 20.4. The quantitative estimate of drug-likeness (QED) is 0.715. The Morgan fingerprint density at radius 2 is 1.46 bits per heavy atom. The second-order valence-electron chi connectivity index (χ2n) is 5.95. The number of benzene rings is 2. The van der Waals surface area contributed by atoms with Crippen LogP contribution < -0.4 is 0 Å². The summed E-state index contributed by atoms with van der Waals surface area (Å²) in [6, 6.07) is 20.0. The minimum Gasteiger partial charge on any atom is -0.380 e. The zero-order valence-electron chi connectivity index (χ0n) is 14.6. The largest absolute Gasteiger partial charge is 0.380 e. The molecule has 0 radical (unpaired) electrons. The highest BCUT2D eigenvalue weighted by molar-refractivity contribution is 5.85. The van der Waals surface area contributed by atoms with Gasteiger partial charge in [0.2, 0.25) is 0 Å². The molecule has 1 atom stereocenters. The summed E-state index contributed by atoms with van der Waals surface area (Å²) in [5.41, 5.74) is 1.81. The lowest BCUT2D eigenvalue weighted by Crippen LogP contribution is -2.37. The molecule has 3 heteroatoms. The predicted octanol–water partition coefficient (Wildman–Crippen LogP) is 4.44. The summed E-state index contributed by atoms with van der Waals surface area (Å²) in [4.78, 5) is 2.28. The third kappa shape index (κ3) is 4.94. The maximum absolute atomic E-state index is 11.5. The van der Waals surface area contributed by atoms with Crippen LogP contribution in [-0.4, -0.2) is 29.6 Å². The molecule has 0 aliphatic carbocycles. The fourth-order valence-electron chi connectivity index (χ4n) is 2.88. The molecule has 0 saturated carbocycles. The van der Waals surface area contributed by atoms with E-state index in [0.29, 0.717) is 13.0 Å². The summed E-state index contributed by atoms with van der Waals surface area (Å²) in [6.45, 7) is 11.1. The summed E-state index contributed by atoms with van der Waals surface area (Å²) < 4.78 is 0. The maximum Gasteiger partial charge on any atom is 0.116 e. The van der Waals surface area contributed by atoms with E-state index in [-0.39, 0.29) is 12.4 Å². The van der Waals surface area contributed by atoms with Crippen molar-refractivity contribution < 1.29 is 5.11 Å². The van der Waals surface area contributed by atoms with Crippen LogP contribution in [0.1, 0.15) is 25.0 Å². The molecule has 2 nitrogen and oxygen atoms in total. The minimum atomic E-state index is -1.05. The minimum absolute atomic E-state index is 0. The Morgan fingerprint density at radius 1 is 0.958 bits per heavy atom. The van der Waals surface area contributed by atoms with Crippen LogP contribution in [0.25, 0.3) is 0 Å². The van der Waals surface area contributed by atoms with E-state index in [0.717, 1.165) is 29.8 Å². The van der Waals surface area contributed by atoms with Gasteiger partial charge in [-0.1, -0.05) is 81.1 Å². The van der Waals surface area contributed by atoms with E-state index < -0.39 is 5.60 Å². The standard InChI is InChI=1S/C21H27NO.ClH/c1-4-22(5-2)17-18(3)21(23,20-14-10-7-11-15-20)16-19-12-8-6-9-13-19;/h6-15,23H,3-5,16-17H2,1-2H3;1H. The van der Waals surface area contributed by atoms with Gasteiger partial charge in [0.25, 0.3) is 0 Å². The lowest BCUT2D eigenvalue weighted by Gasteiger charge is -2.34. The van der Waals surface area contributed by atoms with E-state index in [1.807, 2.05) is 48.5 Å². The van der Waals surface area contributed by atoms with Crippen molar-refractivity contribution in [3.05, 3.63) is 83.9 Å². The number of likely N-dealkylation sites (N-methyl/N-ethyl adjacent to an activating group) is 1. The Kier molecular flexibility index (Phi) is 8.20. The summed E-state index contributed by atoms with van der Waals surface area (Å²) in [7, 11) is 0. The SMILES string of the molecule is C=C(CN(CC)CC)C(O)(Cc1ccccc1)c1ccccc1.Cl. The van der Waals surface area contributed by atoms with Crippen molar-refractivity contribution >= 4 is 12.4 Å².